The van der Waals surface area contributed by atoms with E-state index in [2.05, 4.69) is 12.2 Å². The van der Waals surface area contributed by atoms with E-state index in [9.17, 15) is 8.78 Å². The van der Waals surface area contributed by atoms with Gasteiger partial charge in [-0.05, 0) is 20.0 Å². The minimum atomic E-state index is -2.23. The molecule has 1 atom stereocenters. The van der Waals surface area contributed by atoms with E-state index in [1.807, 2.05) is 6.92 Å². The van der Waals surface area contributed by atoms with Gasteiger partial charge in [0.1, 0.15) is 0 Å². The lowest BCUT2D eigenvalue weighted by Crippen LogP contribution is -2.40. The van der Waals surface area contributed by atoms with Crippen molar-refractivity contribution in [3.63, 3.8) is 0 Å². The number of alkyl halides is 2. The third-order valence-electron chi connectivity index (χ3n) is 2.11. The van der Waals surface area contributed by atoms with Gasteiger partial charge in [-0.25, -0.2) is 8.78 Å². The highest BCUT2D eigenvalue weighted by molar-refractivity contribution is 4.69. The molecule has 0 saturated heterocycles. The Labute approximate surface area is 85.7 Å². The molecule has 1 unspecified atom stereocenters. The lowest BCUT2D eigenvalue weighted by molar-refractivity contribution is 0.0954. The first-order valence-corrected chi connectivity index (χ1v) is 5.30. The maximum absolute atomic E-state index is 12.0. The SMILES string of the molecule is CCCC(CN(C)CC(F)F)NCC. The Kier molecular flexibility index (Phi) is 7.99. The van der Waals surface area contributed by atoms with E-state index in [1.165, 1.54) is 0 Å². The molecule has 0 bridgehead atoms. The van der Waals surface area contributed by atoms with Gasteiger partial charge in [0, 0.05) is 12.6 Å². The summed E-state index contributed by atoms with van der Waals surface area (Å²) in [6.45, 7) is 5.61. The smallest absolute Gasteiger partial charge is 0.251 e. The van der Waals surface area contributed by atoms with Gasteiger partial charge in [0.2, 0.25) is 0 Å². The van der Waals surface area contributed by atoms with E-state index in [0.717, 1.165) is 19.4 Å². The number of nitrogens with zero attached hydrogens (tertiary/aromatic N) is 1. The second-order valence-electron chi connectivity index (χ2n) is 3.66. The summed E-state index contributed by atoms with van der Waals surface area (Å²) in [6.07, 6.45) is -0.106. The Hall–Kier alpha value is -0.220. The van der Waals surface area contributed by atoms with Crippen molar-refractivity contribution in [2.24, 2.45) is 0 Å². The maximum Gasteiger partial charge on any atom is 0.251 e. The predicted molar refractivity (Wildman–Crippen MR) is 55.9 cm³/mol. The average Bonchev–Trinajstić information content (AvgIpc) is 2.03. The van der Waals surface area contributed by atoms with Crippen molar-refractivity contribution in [3.8, 4) is 0 Å². The van der Waals surface area contributed by atoms with Gasteiger partial charge in [-0.3, -0.25) is 4.90 Å². The molecule has 0 heterocycles. The van der Waals surface area contributed by atoms with Crippen molar-refractivity contribution in [2.45, 2.75) is 39.2 Å². The molecule has 0 aromatic carbocycles. The number of hydrogen-bond donors (Lipinski definition) is 1. The van der Waals surface area contributed by atoms with Gasteiger partial charge in [-0.2, -0.15) is 0 Å². The fourth-order valence-corrected chi connectivity index (χ4v) is 1.58. The Morgan fingerprint density at radius 1 is 1.21 bits per heavy atom. The second-order valence-corrected chi connectivity index (χ2v) is 3.66. The summed E-state index contributed by atoms with van der Waals surface area (Å²) in [6, 6.07) is 0.341. The zero-order valence-corrected chi connectivity index (χ0v) is 9.39. The summed E-state index contributed by atoms with van der Waals surface area (Å²) in [7, 11) is 1.74. The van der Waals surface area contributed by atoms with Crippen LogP contribution < -0.4 is 5.32 Å². The first kappa shape index (κ1) is 13.8. The van der Waals surface area contributed by atoms with E-state index in [1.54, 1.807) is 11.9 Å². The zero-order chi connectivity index (χ0) is 11.0. The molecule has 0 spiro atoms. The summed E-state index contributed by atoms with van der Waals surface area (Å²) < 4.78 is 24.1. The van der Waals surface area contributed by atoms with Crippen LogP contribution in [0.2, 0.25) is 0 Å². The quantitative estimate of drug-likeness (QED) is 0.656. The van der Waals surface area contributed by atoms with Crippen LogP contribution in [-0.2, 0) is 0 Å². The lowest BCUT2D eigenvalue weighted by atomic mass is 10.1. The zero-order valence-electron chi connectivity index (χ0n) is 9.39. The van der Waals surface area contributed by atoms with Gasteiger partial charge in [0.05, 0.1) is 6.54 Å². The molecule has 0 aliphatic heterocycles. The first-order valence-electron chi connectivity index (χ1n) is 5.30. The molecular weight excluding hydrogens is 186 g/mol. The van der Waals surface area contributed by atoms with Crippen LogP contribution in [0.15, 0.2) is 0 Å². The molecule has 86 valence electrons. The highest BCUT2D eigenvalue weighted by Gasteiger charge is 2.12. The van der Waals surface area contributed by atoms with Gasteiger partial charge >= 0.3 is 0 Å². The number of rotatable bonds is 8. The Bertz CT molecular complexity index is 125. The van der Waals surface area contributed by atoms with E-state index in [4.69, 9.17) is 0 Å². The molecule has 0 radical (unpaired) electrons. The highest BCUT2D eigenvalue weighted by Crippen LogP contribution is 2.01. The van der Waals surface area contributed by atoms with E-state index >= 15 is 0 Å². The normalized spacial score (nSPS) is 13.9. The van der Waals surface area contributed by atoms with Gasteiger partial charge in [0.25, 0.3) is 6.43 Å². The molecule has 0 fully saturated rings. The standard InChI is InChI=1S/C10H22F2N2/c1-4-6-9(13-5-2)7-14(3)8-10(11)12/h9-10,13H,4-8H2,1-3H3. The molecule has 0 amide bonds. The van der Waals surface area contributed by atoms with Gasteiger partial charge in [-0.1, -0.05) is 20.3 Å². The molecule has 0 saturated carbocycles. The first-order chi connectivity index (χ1) is 6.60. The Balaban J connectivity index is 3.76. The number of nitrogens with one attached hydrogen (secondary N) is 1. The molecule has 0 aromatic heterocycles. The van der Waals surface area contributed by atoms with Crippen molar-refractivity contribution in [1.29, 1.82) is 0 Å². The van der Waals surface area contributed by atoms with E-state index in [-0.39, 0.29) is 6.54 Å². The van der Waals surface area contributed by atoms with Crippen LogP contribution in [0.4, 0.5) is 8.78 Å². The van der Waals surface area contributed by atoms with Crippen LogP contribution >= 0.6 is 0 Å². The average molecular weight is 208 g/mol. The van der Waals surface area contributed by atoms with Gasteiger partial charge in [-0.15, -0.1) is 0 Å². The molecule has 0 aromatic rings. The molecule has 4 heteroatoms. The van der Waals surface area contributed by atoms with Gasteiger partial charge < -0.3 is 5.32 Å². The van der Waals surface area contributed by atoms with Crippen LogP contribution in [0.5, 0.6) is 0 Å². The molecule has 0 aliphatic rings. The van der Waals surface area contributed by atoms with Crippen molar-refractivity contribution in [3.05, 3.63) is 0 Å². The summed E-state index contributed by atoms with van der Waals surface area (Å²) >= 11 is 0. The summed E-state index contributed by atoms with van der Waals surface area (Å²) in [4.78, 5) is 1.69. The van der Waals surface area contributed by atoms with E-state index in [0.29, 0.717) is 12.6 Å². The van der Waals surface area contributed by atoms with Crippen LogP contribution in [0.3, 0.4) is 0 Å². The van der Waals surface area contributed by atoms with Crippen molar-refractivity contribution in [1.82, 2.24) is 10.2 Å². The van der Waals surface area contributed by atoms with Crippen LogP contribution in [0, 0.1) is 0 Å². The Morgan fingerprint density at radius 3 is 2.29 bits per heavy atom. The van der Waals surface area contributed by atoms with Crippen molar-refractivity contribution >= 4 is 0 Å². The highest BCUT2D eigenvalue weighted by atomic mass is 19.3. The van der Waals surface area contributed by atoms with Crippen LogP contribution in [0.1, 0.15) is 26.7 Å². The molecule has 1 N–H and O–H groups in total. The third kappa shape index (κ3) is 7.21. The summed E-state index contributed by atoms with van der Waals surface area (Å²) in [5.41, 5.74) is 0. The molecule has 0 rings (SSSR count). The second kappa shape index (κ2) is 8.12. The summed E-state index contributed by atoms with van der Waals surface area (Å²) in [5, 5.41) is 3.30. The van der Waals surface area contributed by atoms with E-state index < -0.39 is 6.43 Å². The largest absolute Gasteiger partial charge is 0.313 e. The fraction of sp³-hybridized carbons (Fsp3) is 1.00. The Morgan fingerprint density at radius 2 is 1.86 bits per heavy atom. The fourth-order valence-electron chi connectivity index (χ4n) is 1.58. The van der Waals surface area contributed by atoms with Gasteiger partial charge in [0.15, 0.2) is 0 Å². The minimum Gasteiger partial charge on any atom is -0.313 e. The molecule has 0 aliphatic carbocycles. The molecule has 2 nitrogen and oxygen atoms in total. The summed E-state index contributed by atoms with van der Waals surface area (Å²) in [5.74, 6) is 0. The maximum atomic E-state index is 12.0. The third-order valence-corrected chi connectivity index (χ3v) is 2.11. The number of halogens is 2. The minimum absolute atomic E-state index is 0.133. The molecule has 14 heavy (non-hydrogen) atoms. The van der Waals surface area contributed by atoms with Crippen LogP contribution in [-0.4, -0.2) is 44.0 Å². The van der Waals surface area contributed by atoms with Crippen molar-refractivity contribution in [2.75, 3.05) is 26.7 Å². The molecular formula is C10H22F2N2. The number of likely N-dealkylation sites (N-methyl/N-ethyl adjacent to an activating group) is 2. The number of hydrogen-bond acceptors (Lipinski definition) is 2. The predicted octanol–water partition coefficient (Wildman–Crippen LogP) is 1.96. The topological polar surface area (TPSA) is 15.3 Å². The van der Waals surface area contributed by atoms with Crippen LogP contribution in [0.25, 0.3) is 0 Å². The monoisotopic (exact) mass is 208 g/mol. The lowest BCUT2D eigenvalue weighted by Gasteiger charge is -2.24. The van der Waals surface area contributed by atoms with Crippen molar-refractivity contribution < 1.29 is 8.78 Å².